The van der Waals surface area contributed by atoms with Gasteiger partial charge in [0.25, 0.3) is 0 Å². The van der Waals surface area contributed by atoms with E-state index in [9.17, 15) is 19.8 Å². The van der Waals surface area contributed by atoms with E-state index < -0.39 is 12.2 Å². The number of hydrogen-bond acceptors (Lipinski definition) is 4. The van der Waals surface area contributed by atoms with Gasteiger partial charge in [0.1, 0.15) is 12.2 Å². The lowest BCUT2D eigenvalue weighted by molar-refractivity contribution is -0.141. The maximum atomic E-state index is 12.3. The van der Waals surface area contributed by atoms with Crippen LogP contribution in [0.2, 0.25) is 0 Å². The third-order valence-electron chi connectivity index (χ3n) is 9.27. The van der Waals surface area contributed by atoms with Crippen LogP contribution in [0.3, 0.4) is 0 Å². The van der Waals surface area contributed by atoms with Crippen LogP contribution in [0.25, 0.3) is 0 Å². The summed E-state index contributed by atoms with van der Waals surface area (Å²) in [5.74, 6) is -0.266. The number of carbonyl (C=O) groups is 2. The number of aliphatic hydroxyl groups is 2. The highest BCUT2D eigenvalue weighted by molar-refractivity contribution is 5.87. The molecule has 240 valence electrons. The third-order valence-corrected chi connectivity index (χ3v) is 9.27. The maximum Gasteiger partial charge on any atom is 0.164 e. The molecule has 2 saturated carbocycles. The van der Waals surface area contributed by atoms with E-state index in [1.54, 1.807) is 0 Å². The average Bonchev–Trinajstić information content (AvgIpc) is 2.92. The van der Waals surface area contributed by atoms with Crippen molar-refractivity contribution in [3.63, 3.8) is 0 Å². The van der Waals surface area contributed by atoms with Gasteiger partial charge in [-0.25, -0.2) is 0 Å². The predicted octanol–water partition coefficient (Wildman–Crippen LogP) is 8.78. The van der Waals surface area contributed by atoms with Crippen LogP contribution in [0.5, 0.6) is 0 Å². The summed E-state index contributed by atoms with van der Waals surface area (Å²) < 4.78 is 0. The molecule has 4 heteroatoms. The molecule has 2 aliphatic rings. The number of Topliss-reactive ketones (excluding diaryl/α,β-unsaturated/α-hetero) is 2. The predicted molar refractivity (Wildman–Crippen MR) is 185 cm³/mol. The van der Waals surface area contributed by atoms with E-state index >= 15 is 0 Å². The summed E-state index contributed by atoms with van der Waals surface area (Å²) in [7, 11) is 0. The molecule has 0 spiro atoms. The minimum Gasteiger partial charge on any atom is -0.385 e. The molecule has 0 aromatic heterocycles. The van der Waals surface area contributed by atoms with E-state index in [0.29, 0.717) is 12.8 Å². The van der Waals surface area contributed by atoms with Gasteiger partial charge in [-0.05, 0) is 63.2 Å². The van der Waals surface area contributed by atoms with E-state index in [1.807, 2.05) is 38.2 Å². The molecule has 2 fully saturated rings. The van der Waals surface area contributed by atoms with E-state index in [1.165, 1.54) is 0 Å². The average molecular weight is 601 g/mol. The Bertz CT molecular complexity index is 1200. The highest BCUT2D eigenvalue weighted by atomic mass is 16.3. The Morgan fingerprint density at radius 2 is 0.864 bits per heavy atom. The quantitative estimate of drug-likeness (QED) is 0.246. The van der Waals surface area contributed by atoms with Crippen molar-refractivity contribution in [2.75, 3.05) is 0 Å². The van der Waals surface area contributed by atoms with Gasteiger partial charge >= 0.3 is 0 Å². The Labute approximate surface area is 267 Å². The van der Waals surface area contributed by atoms with E-state index in [4.69, 9.17) is 0 Å². The van der Waals surface area contributed by atoms with Crippen LogP contribution in [0, 0.1) is 34.5 Å². The fourth-order valence-corrected chi connectivity index (χ4v) is 6.49. The van der Waals surface area contributed by atoms with Gasteiger partial charge in [-0.3, -0.25) is 9.59 Å². The zero-order valence-electron chi connectivity index (χ0n) is 28.7. The van der Waals surface area contributed by atoms with Crippen molar-refractivity contribution in [3.05, 3.63) is 107 Å². The first-order valence-corrected chi connectivity index (χ1v) is 16.0. The number of rotatable bonds is 10. The van der Waals surface area contributed by atoms with Crippen molar-refractivity contribution in [1.29, 1.82) is 0 Å². The minimum atomic E-state index is -0.847. The lowest BCUT2D eigenvalue weighted by Gasteiger charge is -2.42. The molecular formula is C40H56O4. The standard InChI is InChI=1S/C40H56O4/c1-27(17-13-19-29(3)21-23-33-31(5)37(43)35(41)25-39(33,7)8)15-11-12-16-28(2)18-14-20-30(4)22-24-34-32(6)38(44)36(42)26-40(34,9)10/h11-24,31-36,41-42H,25-26H2,1-10H3/b12-11+,17-13+,18-14+,23-21+,24-22+,27-15+,28-16+,29-19-,30-20-/t31-,32-,33-,34-,35+,36+/m0/s1. The van der Waals surface area contributed by atoms with E-state index in [2.05, 4.69) is 116 Å². The first-order valence-electron chi connectivity index (χ1n) is 16.0. The van der Waals surface area contributed by atoms with Gasteiger partial charge in [0, 0.05) is 11.8 Å². The molecule has 0 bridgehead atoms. The topological polar surface area (TPSA) is 74.6 Å². The van der Waals surface area contributed by atoms with Crippen LogP contribution in [-0.4, -0.2) is 34.0 Å². The molecular weight excluding hydrogens is 544 g/mol. The molecule has 6 atom stereocenters. The number of carbonyl (C=O) groups excluding carboxylic acids is 2. The summed E-state index contributed by atoms with van der Waals surface area (Å²) in [6.07, 6.45) is 28.3. The molecule has 0 radical (unpaired) electrons. The SMILES string of the molecule is CC(=C/C=C/C(C)=C/C=C/C=C(C)/C=C/C=C(C)\C=C\[C@H]1[C@H](C)C(=O)[C@H](O)CC1(C)C)/C=C/[C@H]1[C@H](C)C(=O)[C@H](O)CC1(C)C. The van der Waals surface area contributed by atoms with Crippen molar-refractivity contribution in [1.82, 2.24) is 0 Å². The molecule has 0 aromatic carbocycles. The lowest BCUT2D eigenvalue weighted by Crippen LogP contribution is -2.46. The minimum absolute atomic E-state index is 0.0531. The number of ketones is 2. The first kappa shape index (κ1) is 37.1. The van der Waals surface area contributed by atoms with Gasteiger partial charge < -0.3 is 10.2 Å². The second-order valence-electron chi connectivity index (χ2n) is 14.3. The summed E-state index contributed by atoms with van der Waals surface area (Å²) in [6.45, 7) is 20.6. The second kappa shape index (κ2) is 16.3. The first-order chi connectivity index (χ1) is 20.5. The summed E-state index contributed by atoms with van der Waals surface area (Å²) in [5.41, 5.74) is 4.24. The summed E-state index contributed by atoms with van der Waals surface area (Å²) in [6, 6.07) is 0. The molecule has 0 aliphatic heterocycles. The summed E-state index contributed by atoms with van der Waals surface area (Å²) >= 11 is 0. The van der Waals surface area contributed by atoms with Crippen molar-refractivity contribution < 1.29 is 19.8 Å². The molecule has 4 nitrogen and oxygen atoms in total. The molecule has 0 unspecified atom stereocenters. The zero-order chi connectivity index (χ0) is 33.2. The number of aliphatic hydroxyl groups excluding tert-OH is 2. The zero-order valence-corrected chi connectivity index (χ0v) is 28.7. The van der Waals surface area contributed by atoms with Crippen molar-refractivity contribution in [2.45, 2.75) is 94.3 Å². The largest absolute Gasteiger partial charge is 0.385 e. The third kappa shape index (κ3) is 10.8. The van der Waals surface area contributed by atoms with Gasteiger partial charge in [-0.15, -0.1) is 0 Å². The Balaban J connectivity index is 1.90. The van der Waals surface area contributed by atoms with Crippen molar-refractivity contribution >= 4 is 11.6 Å². The molecule has 2 N–H and O–H groups in total. The number of hydrogen-bond donors (Lipinski definition) is 2. The normalized spacial score (nSPS) is 31.1. The molecule has 0 aromatic rings. The van der Waals surface area contributed by atoms with Gasteiger partial charge in [-0.2, -0.15) is 0 Å². The lowest BCUT2D eigenvalue weighted by atomic mass is 9.62. The van der Waals surface area contributed by atoms with Gasteiger partial charge in [0.05, 0.1) is 0 Å². The summed E-state index contributed by atoms with van der Waals surface area (Å²) in [4.78, 5) is 24.6. The van der Waals surface area contributed by atoms with Crippen molar-refractivity contribution in [3.8, 4) is 0 Å². The molecule has 0 amide bonds. The molecule has 2 aliphatic carbocycles. The molecule has 44 heavy (non-hydrogen) atoms. The number of allylic oxidation sites excluding steroid dienone is 18. The van der Waals surface area contributed by atoms with Gasteiger partial charge in [0.2, 0.25) is 0 Å². The monoisotopic (exact) mass is 600 g/mol. The molecule has 2 rings (SSSR count). The highest BCUT2D eigenvalue weighted by Gasteiger charge is 2.45. The van der Waals surface area contributed by atoms with Gasteiger partial charge in [-0.1, -0.05) is 149 Å². The Kier molecular flexibility index (Phi) is 13.7. The van der Waals surface area contributed by atoms with Crippen LogP contribution in [0.15, 0.2) is 107 Å². The van der Waals surface area contributed by atoms with Crippen LogP contribution in [-0.2, 0) is 9.59 Å². The summed E-state index contributed by atoms with van der Waals surface area (Å²) in [5, 5.41) is 20.1. The highest BCUT2D eigenvalue weighted by Crippen LogP contribution is 2.44. The Hall–Kier alpha value is -3.08. The fraction of sp³-hybridized carbons (Fsp3) is 0.500. The molecule has 0 saturated heterocycles. The van der Waals surface area contributed by atoms with E-state index in [0.717, 1.165) is 22.3 Å². The van der Waals surface area contributed by atoms with Crippen LogP contribution in [0.1, 0.15) is 82.1 Å². The van der Waals surface area contributed by atoms with Crippen molar-refractivity contribution in [2.24, 2.45) is 34.5 Å². The fourth-order valence-electron chi connectivity index (χ4n) is 6.49. The van der Waals surface area contributed by atoms with E-state index in [-0.39, 0.29) is 46.1 Å². The van der Waals surface area contributed by atoms with Crippen LogP contribution >= 0.6 is 0 Å². The smallest absolute Gasteiger partial charge is 0.164 e. The van der Waals surface area contributed by atoms with Crippen LogP contribution in [0.4, 0.5) is 0 Å². The second-order valence-corrected chi connectivity index (χ2v) is 14.3. The van der Waals surface area contributed by atoms with Gasteiger partial charge in [0.15, 0.2) is 11.6 Å². The maximum absolute atomic E-state index is 12.3. The Morgan fingerprint density at radius 3 is 1.20 bits per heavy atom. The molecule has 0 heterocycles. The Morgan fingerprint density at radius 1 is 0.568 bits per heavy atom. The van der Waals surface area contributed by atoms with Crippen LogP contribution < -0.4 is 0 Å².